The fraction of sp³-hybridized carbons (Fsp3) is 0.444. The Morgan fingerprint density at radius 3 is 2.92 bits per heavy atom. The first-order chi connectivity index (χ1) is 12.2. The van der Waals surface area contributed by atoms with Crippen LogP contribution in [0.4, 0.5) is 11.8 Å². The molecule has 2 heterocycles. The van der Waals surface area contributed by atoms with Crippen molar-refractivity contribution in [2.45, 2.75) is 18.9 Å². The lowest BCUT2D eigenvalue weighted by Crippen LogP contribution is -2.20. The van der Waals surface area contributed by atoms with E-state index in [0.29, 0.717) is 25.6 Å². The predicted octanol–water partition coefficient (Wildman–Crippen LogP) is 1.73. The molecular formula is C18H24N4O3. The van der Waals surface area contributed by atoms with Gasteiger partial charge in [0.05, 0.1) is 18.9 Å². The second kappa shape index (κ2) is 8.13. The van der Waals surface area contributed by atoms with E-state index in [-0.39, 0.29) is 18.3 Å². The van der Waals surface area contributed by atoms with Crippen molar-refractivity contribution >= 4 is 11.8 Å². The van der Waals surface area contributed by atoms with Crippen molar-refractivity contribution in [3.8, 4) is 5.75 Å². The summed E-state index contributed by atoms with van der Waals surface area (Å²) in [4.78, 5) is 11.1. The first kappa shape index (κ1) is 17.4. The second-order valence-electron chi connectivity index (χ2n) is 6.21. The molecule has 3 rings (SSSR count). The van der Waals surface area contributed by atoms with Crippen LogP contribution < -0.4 is 10.2 Å². The maximum Gasteiger partial charge on any atom is 0.224 e. The maximum atomic E-state index is 9.63. The number of benzene rings is 1. The van der Waals surface area contributed by atoms with Crippen LogP contribution in [0.15, 0.2) is 30.3 Å². The van der Waals surface area contributed by atoms with Gasteiger partial charge in [-0.2, -0.15) is 4.98 Å². The highest BCUT2D eigenvalue weighted by molar-refractivity contribution is 5.46. The number of hydrogen-bond acceptors (Lipinski definition) is 7. The molecule has 0 bridgehead atoms. The van der Waals surface area contributed by atoms with Crippen molar-refractivity contribution in [3.63, 3.8) is 0 Å². The topological polar surface area (TPSA) is 90.7 Å². The van der Waals surface area contributed by atoms with Crippen LogP contribution in [0.2, 0.25) is 0 Å². The van der Waals surface area contributed by atoms with Gasteiger partial charge in [-0.3, -0.25) is 0 Å². The SMILES string of the molecule is CN(Cc1cccc(O)c1)c1cc([C@H]2CCOC2)nc(NCCO)n1. The van der Waals surface area contributed by atoms with E-state index in [9.17, 15) is 5.11 Å². The van der Waals surface area contributed by atoms with Gasteiger partial charge in [0.1, 0.15) is 11.6 Å². The number of aliphatic hydroxyl groups is 1. The zero-order valence-electron chi connectivity index (χ0n) is 14.4. The van der Waals surface area contributed by atoms with Gasteiger partial charge in [0.15, 0.2) is 0 Å². The van der Waals surface area contributed by atoms with Crippen molar-refractivity contribution in [1.82, 2.24) is 9.97 Å². The Morgan fingerprint density at radius 1 is 1.32 bits per heavy atom. The monoisotopic (exact) mass is 344 g/mol. The predicted molar refractivity (Wildman–Crippen MR) is 96.0 cm³/mol. The van der Waals surface area contributed by atoms with E-state index in [1.54, 1.807) is 12.1 Å². The molecule has 1 atom stereocenters. The van der Waals surface area contributed by atoms with E-state index in [4.69, 9.17) is 9.84 Å². The van der Waals surface area contributed by atoms with E-state index in [1.165, 1.54) is 0 Å². The molecule has 7 heteroatoms. The number of aliphatic hydroxyl groups excluding tert-OH is 1. The number of rotatable bonds is 7. The molecule has 0 radical (unpaired) electrons. The molecule has 0 amide bonds. The van der Waals surface area contributed by atoms with Crippen LogP contribution in [-0.4, -0.2) is 53.6 Å². The molecule has 0 aliphatic carbocycles. The maximum absolute atomic E-state index is 9.63. The standard InChI is InChI=1S/C18H24N4O3/c1-22(11-13-3-2-4-15(24)9-13)17-10-16(14-5-8-25-12-14)20-18(21-17)19-6-7-23/h2-4,9-10,14,23-24H,5-8,11-12H2,1H3,(H,19,20,21)/t14-/m0/s1. The molecule has 1 aromatic heterocycles. The first-order valence-electron chi connectivity index (χ1n) is 8.46. The Balaban J connectivity index is 1.83. The summed E-state index contributed by atoms with van der Waals surface area (Å²) in [6.07, 6.45) is 0.951. The van der Waals surface area contributed by atoms with Crippen LogP contribution in [0, 0.1) is 0 Å². The number of anilines is 2. The highest BCUT2D eigenvalue weighted by Crippen LogP contribution is 2.27. The average Bonchev–Trinajstić information content (AvgIpc) is 3.14. The van der Waals surface area contributed by atoms with Gasteiger partial charge in [-0.15, -0.1) is 0 Å². The van der Waals surface area contributed by atoms with Gasteiger partial charge in [-0.05, 0) is 24.1 Å². The van der Waals surface area contributed by atoms with Crippen LogP contribution in [0.5, 0.6) is 5.75 Å². The Labute approximate surface area is 147 Å². The van der Waals surface area contributed by atoms with E-state index >= 15 is 0 Å². The van der Waals surface area contributed by atoms with Crippen molar-refractivity contribution in [1.29, 1.82) is 0 Å². The zero-order valence-corrected chi connectivity index (χ0v) is 14.4. The van der Waals surface area contributed by atoms with E-state index in [0.717, 1.165) is 30.1 Å². The molecule has 3 N–H and O–H groups in total. The van der Waals surface area contributed by atoms with Crippen molar-refractivity contribution < 1.29 is 14.9 Å². The minimum atomic E-state index is 0.0224. The molecule has 1 saturated heterocycles. The molecule has 25 heavy (non-hydrogen) atoms. The third-order valence-corrected chi connectivity index (χ3v) is 4.20. The summed E-state index contributed by atoms with van der Waals surface area (Å²) in [5.74, 6) is 1.82. The third-order valence-electron chi connectivity index (χ3n) is 4.20. The van der Waals surface area contributed by atoms with Crippen LogP contribution in [0.25, 0.3) is 0 Å². The highest BCUT2D eigenvalue weighted by atomic mass is 16.5. The van der Waals surface area contributed by atoms with Gasteiger partial charge in [0.25, 0.3) is 0 Å². The molecular weight excluding hydrogens is 320 g/mol. The summed E-state index contributed by atoms with van der Waals surface area (Å²) in [6, 6.07) is 9.19. The normalized spacial score (nSPS) is 16.8. The van der Waals surface area contributed by atoms with E-state index < -0.39 is 0 Å². The van der Waals surface area contributed by atoms with Gasteiger partial charge in [-0.1, -0.05) is 12.1 Å². The third kappa shape index (κ3) is 4.58. The first-order valence-corrected chi connectivity index (χ1v) is 8.46. The number of ether oxygens (including phenoxy) is 1. The summed E-state index contributed by atoms with van der Waals surface area (Å²) in [7, 11) is 1.96. The lowest BCUT2D eigenvalue weighted by molar-refractivity contribution is 0.193. The number of nitrogens with one attached hydrogen (secondary N) is 1. The number of phenols is 1. The smallest absolute Gasteiger partial charge is 0.224 e. The molecule has 2 aromatic rings. The minimum Gasteiger partial charge on any atom is -0.508 e. The van der Waals surface area contributed by atoms with Gasteiger partial charge in [0, 0.05) is 38.7 Å². The fourth-order valence-corrected chi connectivity index (χ4v) is 2.88. The Hall–Kier alpha value is -2.38. The zero-order chi connectivity index (χ0) is 17.6. The second-order valence-corrected chi connectivity index (χ2v) is 6.21. The van der Waals surface area contributed by atoms with Crippen molar-refractivity contribution in [2.75, 3.05) is 43.6 Å². The Morgan fingerprint density at radius 2 is 2.20 bits per heavy atom. The minimum absolute atomic E-state index is 0.0224. The molecule has 0 saturated carbocycles. The quantitative estimate of drug-likeness (QED) is 0.704. The number of aromatic hydroxyl groups is 1. The van der Waals surface area contributed by atoms with Crippen LogP contribution >= 0.6 is 0 Å². The van der Waals surface area contributed by atoms with Gasteiger partial charge >= 0.3 is 0 Å². The van der Waals surface area contributed by atoms with Crippen LogP contribution in [-0.2, 0) is 11.3 Å². The lowest BCUT2D eigenvalue weighted by Gasteiger charge is -2.21. The van der Waals surface area contributed by atoms with Crippen LogP contribution in [0.1, 0.15) is 23.6 Å². The number of nitrogens with zero attached hydrogens (tertiary/aromatic N) is 3. The fourth-order valence-electron chi connectivity index (χ4n) is 2.88. The van der Waals surface area contributed by atoms with Gasteiger partial charge in [-0.25, -0.2) is 4.98 Å². The van der Waals surface area contributed by atoms with Crippen molar-refractivity contribution in [3.05, 3.63) is 41.6 Å². The largest absolute Gasteiger partial charge is 0.508 e. The Bertz CT molecular complexity index is 704. The van der Waals surface area contributed by atoms with E-state index in [1.807, 2.05) is 30.1 Å². The molecule has 1 aromatic carbocycles. The summed E-state index contributed by atoms with van der Waals surface area (Å²) in [5, 5.41) is 21.7. The molecule has 7 nitrogen and oxygen atoms in total. The number of phenolic OH excluding ortho intramolecular Hbond substituents is 1. The molecule has 1 fully saturated rings. The van der Waals surface area contributed by atoms with Gasteiger partial charge in [0.2, 0.25) is 5.95 Å². The Kier molecular flexibility index (Phi) is 5.67. The average molecular weight is 344 g/mol. The van der Waals surface area contributed by atoms with E-state index in [2.05, 4.69) is 15.3 Å². The molecule has 134 valence electrons. The van der Waals surface area contributed by atoms with Crippen LogP contribution in [0.3, 0.4) is 0 Å². The van der Waals surface area contributed by atoms with Crippen molar-refractivity contribution in [2.24, 2.45) is 0 Å². The summed E-state index contributed by atoms with van der Waals surface area (Å²) in [6.45, 7) is 2.47. The molecule has 1 aliphatic heterocycles. The van der Waals surface area contributed by atoms with Gasteiger partial charge < -0.3 is 25.2 Å². The summed E-state index contributed by atoms with van der Waals surface area (Å²) < 4.78 is 5.48. The summed E-state index contributed by atoms with van der Waals surface area (Å²) >= 11 is 0. The molecule has 0 unspecified atom stereocenters. The highest BCUT2D eigenvalue weighted by Gasteiger charge is 2.21. The molecule has 1 aliphatic rings. The lowest BCUT2D eigenvalue weighted by atomic mass is 10.0. The molecule has 0 spiro atoms. The number of hydrogen-bond donors (Lipinski definition) is 3. The number of aromatic nitrogens is 2. The summed E-state index contributed by atoms with van der Waals surface area (Å²) in [5.41, 5.74) is 1.95.